The minimum atomic E-state index is -0.916. The summed E-state index contributed by atoms with van der Waals surface area (Å²) in [7, 11) is 0. The molecule has 0 spiro atoms. The molecule has 38 heavy (non-hydrogen) atoms. The molecule has 0 fully saturated rings. The van der Waals surface area contributed by atoms with Gasteiger partial charge in [0, 0.05) is 0 Å². The van der Waals surface area contributed by atoms with Crippen LogP contribution in [0.5, 0.6) is 0 Å². The Hall–Kier alpha value is -1.32. The van der Waals surface area contributed by atoms with Crippen LogP contribution >= 0.6 is 0 Å². The van der Waals surface area contributed by atoms with Gasteiger partial charge in [0.15, 0.2) is 0 Å². The minimum absolute atomic E-state index is 0.111. The Bertz CT molecular complexity index is 543. The Morgan fingerprint density at radius 1 is 0.579 bits per heavy atom. The molecule has 0 radical (unpaired) electrons. The Kier molecular flexibility index (Phi) is 29.2. The topological polar surface area (TPSA) is 63.6 Å². The molecule has 0 aliphatic carbocycles. The predicted octanol–water partition coefficient (Wildman–Crippen LogP) is 11.0. The summed E-state index contributed by atoms with van der Waals surface area (Å²) in [5.41, 5.74) is 0. The molecule has 0 aromatic heterocycles. The summed E-state index contributed by atoms with van der Waals surface area (Å²) >= 11 is 0. The van der Waals surface area contributed by atoms with Gasteiger partial charge >= 0.3 is 11.9 Å². The molecular formula is C34H64O4. The fourth-order valence-electron chi connectivity index (χ4n) is 5.06. The van der Waals surface area contributed by atoms with Crippen molar-refractivity contribution in [2.75, 3.05) is 6.61 Å². The van der Waals surface area contributed by atoms with E-state index in [9.17, 15) is 9.59 Å². The number of carbonyl (C=O) groups is 2. The number of aliphatic carboxylic acids is 1. The number of ether oxygens (including phenoxy) is 1. The van der Waals surface area contributed by atoms with E-state index in [1.54, 1.807) is 0 Å². The zero-order valence-corrected chi connectivity index (χ0v) is 25.5. The average molecular weight is 537 g/mol. The largest absolute Gasteiger partial charge is 0.481 e. The van der Waals surface area contributed by atoms with Gasteiger partial charge in [-0.25, -0.2) is 0 Å². The molecule has 0 aromatic carbocycles. The molecule has 0 heterocycles. The van der Waals surface area contributed by atoms with Crippen LogP contribution in [-0.4, -0.2) is 23.7 Å². The van der Waals surface area contributed by atoms with Crippen LogP contribution in [0.3, 0.4) is 0 Å². The van der Waals surface area contributed by atoms with Crippen LogP contribution < -0.4 is 0 Å². The van der Waals surface area contributed by atoms with E-state index in [1.807, 2.05) is 6.92 Å². The van der Waals surface area contributed by atoms with E-state index in [4.69, 9.17) is 9.84 Å². The highest BCUT2D eigenvalue weighted by molar-refractivity contribution is 5.79. The first kappa shape index (κ1) is 36.7. The van der Waals surface area contributed by atoms with Crippen molar-refractivity contribution in [1.29, 1.82) is 0 Å². The fourth-order valence-corrected chi connectivity index (χ4v) is 5.06. The normalized spacial score (nSPS) is 12.3. The molecule has 1 N–H and O–H groups in total. The standard InChI is InChI=1S/C34H64O4/c1-3-5-6-7-8-9-10-11-12-13-14-15-16-17-18-19-20-21-22-23-24-25-26-27-28-29-32(31-33(35)36)34(37)38-30-4-2/h8-9,32H,3-7,10-31H2,1-2H3,(H,35,36)/b9-8+. The van der Waals surface area contributed by atoms with Crippen LogP contribution in [0.1, 0.15) is 181 Å². The summed E-state index contributed by atoms with van der Waals surface area (Å²) in [5, 5.41) is 9.04. The Morgan fingerprint density at radius 3 is 1.37 bits per heavy atom. The molecule has 4 nitrogen and oxygen atoms in total. The Labute approximate surface area is 236 Å². The van der Waals surface area contributed by atoms with Crippen molar-refractivity contribution in [1.82, 2.24) is 0 Å². The number of unbranched alkanes of at least 4 members (excludes halogenated alkanes) is 21. The van der Waals surface area contributed by atoms with Gasteiger partial charge in [0.05, 0.1) is 18.9 Å². The van der Waals surface area contributed by atoms with E-state index in [1.165, 1.54) is 135 Å². The molecule has 0 rings (SSSR count). The van der Waals surface area contributed by atoms with E-state index in [2.05, 4.69) is 19.1 Å². The minimum Gasteiger partial charge on any atom is -0.481 e. The van der Waals surface area contributed by atoms with E-state index in [0.717, 1.165) is 19.3 Å². The molecule has 0 bridgehead atoms. The van der Waals surface area contributed by atoms with Gasteiger partial charge in [0.25, 0.3) is 0 Å². The molecule has 1 atom stereocenters. The molecule has 0 aromatic rings. The number of hydrogen-bond donors (Lipinski definition) is 1. The van der Waals surface area contributed by atoms with Crippen LogP contribution in [0, 0.1) is 5.92 Å². The molecule has 1 unspecified atom stereocenters. The van der Waals surface area contributed by atoms with E-state index < -0.39 is 11.9 Å². The maximum absolute atomic E-state index is 12.0. The zero-order valence-electron chi connectivity index (χ0n) is 25.5. The molecule has 0 aliphatic rings. The second kappa shape index (κ2) is 30.2. The van der Waals surface area contributed by atoms with Gasteiger partial charge in [-0.1, -0.05) is 148 Å². The van der Waals surface area contributed by atoms with Crippen LogP contribution in [-0.2, 0) is 14.3 Å². The molecule has 0 saturated carbocycles. The second-order valence-electron chi connectivity index (χ2n) is 11.4. The first-order valence-corrected chi connectivity index (χ1v) is 16.6. The SMILES string of the molecule is CCCCC/C=C/CCCCCCCCCCCCCCCCCCCCC(CC(=O)O)C(=O)OCCC. The summed E-state index contributed by atoms with van der Waals surface area (Å²) in [6.07, 6.45) is 36.6. The summed E-state index contributed by atoms with van der Waals surface area (Å²) in [4.78, 5) is 23.0. The Morgan fingerprint density at radius 2 is 0.974 bits per heavy atom. The molecule has 0 saturated heterocycles. The summed E-state index contributed by atoms with van der Waals surface area (Å²) in [5.74, 6) is -1.74. The lowest BCUT2D eigenvalue weighted by atomic mass is 9.97. The number of rotatable bonds is 30. The lowest BCUT2D eigenvalue weighted by Crippen LogP contribution is -2.21. The summed E-state index contributed by atoms with van der Waals surface area (Å²) in [6.45, 7) is 4.59. The number of hydrogen-bond acceptors (Lipinski definition) is 3. The first-order valence-electron chi connectivity index (χ1n) is 16.6. The number of carbonyl (C=O) groups excluding carboxylic acids is 1. The van der Waals surface area contributed by atoms with Crippen LogP contribution in [0.25, 0.3) is 0 Å². The molecule has 4 heteroatoms. The van der Waals surface area contributed by atoms with Crippen LogP contribution in [0.4, 0.5) is 0 Å². The van der Waals surface area contributed by atoms with Crippen molar-refractivity contribution in [3.8, 4) is 0 Å². The van der Waals surface area contributed by atoms with Crippen molar-refractivity contribution < 1.29 is 19.4 Å². The molecule has 0 aliphatic heterocycles. The van der Waals surface area contributed by atoms with Gasteiger partial charge < -0.3 is 9.84 Å². The maximum Gasteiger partial charge on any atom is 0.309 e. The van der Waals surface area contributed by atoms with Crippen molar-refractivity contribution in [2.24, 2.45) is 5.92 Å². The first-order chi connectivity index (χ1) is 18.6. The third-order valence-corrected chi connectivity index (χ3v) is 7.52. The number of carboxylic acids is 1. The van der Waals surface area contributed by atoms with Gasteiger partial charge in [-0.2, -0.15) is 0 Å². The van der Waals surface area contributed by atoms with Crippen LogP contribution in [0.2, 0.25) is 0 Å². The molecule has 224 valence electrons. The maximum atomic E-state index is 12.0. The Balaban J connectivity index is 3.34. The second-order valence-corrected chi connectivity index (χ2v) is 11.4. The quantitative estimate of drug-likeness (QED) is 0.0563. The molecular weight excluding hydrogens is 472 g/mol. The van der Waals surface area contributed by atoms with Gasteiger partial charge in [-0.15, -0.1) is 0 Å². The summed E-state index contributed by atoms with van der Waals surface area (Å²) in [6, 6.07) is 0. The fraction of sp³-hybridized carbons (Fsp3) is 0.882. The van der Waals surface area contributed by atoms with E-state index in [0.29, 0.717) is 13.0 Å². The lowest BCUT2D eigenvalue weighted by molar-refractivity contribution is -0.153. The number of allylic oxidation sites excluding steroid dienone is 2. The highest BCUT2D eigenvalue weighted by Crippen LogP contribution is 2.18. The van der Waals surface area contributed by atoms with E-state index in [-0.39, 0.29) is 12.4 Å². The van der Waals surface area contributed by atoms with Gasteiger partial charge in [-0.3, -0.25) is 9.59 Å². The summed E-state index contributed by atoms with van der Waals surface area (Å²) < 4.78 is 5.16. The van der Waals surface area contributed by atoms with Crippen molar-refractivity contribution in [2.45, 2.75) is 181 Å². The van der Waals surface area contributed by atoms with Crippen LogP contribution in [0.15, 0.2) is 12.2 Å². The number of carboxylic acid groups (broad SMARTS) is 1. The van der Waals surface area contributed by atoms with Gasteiger partial charge in [0.2, 0.25) is 0 Å². The highest BCUT2D eigenvalue weighted by Gasteiger charge is 2.22. The predicted molar refractivity (Wildman–Crippen MR) is 163 cm³/mol. The monoisotopic (exact) mass is 536 g/mol. The lowest BCUT2D eigenvalue weighted by Gasteiger charge is -2.13. The third-order valence-electron chi connectivity index (χ3n) is 7.52. The van der Waals surface area contributed by atoms with Crippen molar-refractivity contribution in [3.05, 3.63) is 12.2 Å². The number of esters is 1. The average Bonchev–Trinajstić information content (AvgIpc) is 2.90. The van der Waals surface area contributed by atoms with Gasteiger partial charge in [-0.05, 0) is 38.5 Å². The smallest absolute Gasteiger partial charge is 0.309 e. The van der Waals surface area contributed by atoms with E-state index >= 15 is 0 Å². The zero-order chi connectivity index (χ0) is 27.9. The van der Waals surface area contributed by atoms with Gasteiger partial charge in [0.1, 0.15) is 0 Å². The van der Waals surface area contributed by atoms with Crippen molar-refractivity contribution in [3.63, 3.8) is 0 Å². The van der Waals surface area contributed by atoms with Crippen molar-refractivity contribution >= 4 is 11.9 Å². The third kappa shape index (κ3) is 27.7. The highest BCUT2D eigenvalue weighted by atomic mass is 16.5. The molecule has 0 amide bonds.